The highest BCUT2D eigenvalue weighted by Gasteiger charge is 2.16. The third-order valence-corrected chi connectivity index (χ3v) is 9.90. The number of unbranched alkanes of at least 4 members (excludes halogenated alkanes) is 32. The third-order valence-electron chi connectivity index (χ3n) is 9.90. The number of carbonyl (C=O) groups excluding carboxylic acids is 2. The van der Waals surface area contributed by atoms with Crippen LogP contribution in [0.5, 0.6) is 0 Å². The quantitative estimate of drug-likeness (QED) is 0.0515. The maximum absolute atomic E-state index is 12.2. The lowest BCUT2D eigenvalue weighted by Gasteiger charge is -2.15. The van der Waals surface area contributed by atoms with Crippen molar-refractivity contribution in [3.05, 3.63) is 0 Å². The SMILES string of the molecule is CCCCCCCCCCCCCCCCCCCCCCCCCC(=O)O[C@@H](CO)COC(=O)CCCCCCCCCCCCC. The van der Waals surface area contributed by atoms with Crippen LogP contribution in [0.4, 0.5) is 0 Å². The van der Waals surface area contributed by atoms with Crippen LogP contribution in [-0.4, -0.2) is 36.4 Å². The van der Waals surface area contributed by atoms with Crippen LogP contribution in [-0.2, 0) is 19.1 Å². The van der Waals surface area contributed by atoms with Crippen LogP contribution in [0.15, 0.2) is 0 Å². The topological polar surface area (TPSA) is 72.8 Å². The molecule has 0 saturated carbocycles. The Kier molecular flexibility index (Phi) is 39.4. The van der Waals surface area contributed by atoms with E-state index in [4.69, 9.17) is 9.47 Å². The van der Waals surface area contributed by atoms with E-state index in [1.165, 1.54) is 186 Å². The molecular formula is C43H84O5. The summed E-state index contributed by atoms with van der Waals surface area (Å²) in [6.07, 6.45) is 44.7. The molecule has 0 aromatic carbocycles. The van der Waals surface area contributed by atoms with Crippen molar-refractivity contribution in [2.45, 2.75) is 251 Å². The fraction of sp³-hybridized carbons (Fsp3) is 0.953. The molecule has 0 aliphatic carbocycles. The van der Waals surface area contributed by atoms with E-state index in [0.717, 1.165) is 32.1 Å². The van der Waals surface area contributed by atoms with Crippen molar-refractivity contribution in [3.63, 3.8) is 0 Å². The molecule has 0 radical (unpaired) electrons. The first kappa shape index (κ1) is 46.9. The van der Waals surface area contributed by atoms with Gasteiger partial charge < -0.3 is 14.6 Å². The molecule has 0 unspecified atom stereocenters. The van der Waals surface area contributed by atoms with E-state index < -0.39 is 6.10 Å². The maximum Gasteiger partial charge on any atom is 0.306 e. The van der Waals surface area contributed by atoms with Crippen LogP contribution in [0.25, 0.3) is 0 Å². The Hall–Kier alpha value is -1.10. The highest BCUT2D eigenvalue weighted by molar-refractivity contribution is 5.70. The van der Waals surface area contributed by atoms with Crippen molar-refractivity contribution in [2.24, 2.45) is 0 Å². The van der Waals surface area contributed by atoms with Crippen LogP contribution in [0.2, 0.25) is 0 Å². The predicted octanol–water partition coefficient (Wildman–Crippen LogP) is 13.5. The smallest absolute Gasteiger partial charge is 0.306 e. The van der Waals surface area contributed by atoms with Crippen LogP contribution >= 0.6 is 0 Å². The fourth-order valence-corrected chi connectivity index (χ4v) is 6.62. The van der Waals surface area contributed by atoms with E-state index >= 15 is 0 Å². The average Bonchev–Trinajstić information content (AvgIpc) is 3.09. The van der Waals surface area contributed by atoms with Gasteiger partial charge >= 0.3 is 11.9 Å². The Bertz CT molecular complexity index is 651. The molecule has 48 heavy (non-hydrogen) atoms. The number of rotatable bonds is 40. The van der Waals surface area contributed by atoms with Crippen LogP contribution in [0.1, 0.15) is 245 Å². The molecule has 0 saturated heterocycles. The molecule has 0 rings (SSSR count). The minimum absolute atomic E-state index is 0.0570. The summed E-state index contributed by atoms with van der Waals surface area (Å²) in [5, 5.41) is 9.55. The Morgan fingerprint density at radius 3 is 0.917 bits per heavy atom. The third kappa shape index (κ3) is 37.7. The Balaban J connectivity index is 3.42. The highest BCUT2D eigenvalue weighted by Crippen LogP contribution is 2.16. The lowest BCUT2D eigenvalue weighted by Crippen LogP contribution is -2.28. The molecule has 1 atom stereocenters. The van der Waals surface area contributed by atoms with Gasteiger partial charge in [-0.2, -0.15) is 0 Å². The molecule has 1 N–H and O–H groups in total. The van der Waals surface area contributed by atoms with Gasteiger partial charge in [0.05, 0.1) is 6.61 Å². The van der Waals surface area contributed by atoms with Crippen molar-refractivity contribution in [1.82, 2.24) is 0 Å². The van der Waals surface area contributed by atoms with Crippen LogP contribution < -0.4 is 0 Å². The van der Waals surface area contributed by atoms with Crippen LogP contribution in [0, 0.1) is 0 Å². The second-order valence-electron chi connectivity index (χ2n) is 14.8. The fourth-order valence-electron chi connectivity index (χ4n) is 6.62. The first-order valence-electron chi connectivity index (χ1n) is 21.6. The van der Waals surface area contributed by atoms with Crippen molar-refractivity contribution < 1.29 is 24.2 Å². The van der Waals surface area contributed by atoms with Gasteiger partial charge in [-0.25, -0.2) is 0 Å². The largest absolute Gasteiger partial charge is 0.462 e. The van der Waals surface area contributed by atoms with Gasteiger partial charge in [-0.15, -0.1) is 0 Å². The molecule has 0 aromatic rings. The van der Waals surface area contributed by atoms with Gasteiger partial charge in [-0.1, -0.05) is 219 Å². The first-order valence-corrected chi connectivity index (χ1v) is 21.6. The number of esters is 2. The lowest BCUT2D eigenvalue weighted by atomic mass is 10.0. The molecule has 5 nitrogen and oxygen atoms in total. The minimum atomic E-state index is -0.761. The summed E-state index contributed by atoms with van der Waals surface area (Å²) in [4.78, 5) is 24.2. The zero-order valence-corrected chi connectivity index (χ0v) is 32.5. The highest BCUT2D eigenvalue weighted by atomic mass is 16.6. The van der Waals surface area contributed by atoms with E-state index in [1.54, 1.807) is 0 Å². The van der Waals surface area contributed by atoms with Gasteiger partial charge in [0.15, 0.2) is 6.10 Å². The van der Waals surface area contributed by atoms with Gasteiger partial charge in [0.25, 0.3) is 0 Å². The Morgan fingerprint density at radius 2 is 0.646 bits per heavy atom. The second-order valence-corrected chi connectivity index (χ2v) is 14.8. The van der Waals surface area contributed by atoms with Gasteiger partial charge in [0.2, 0.25) is 0 Å². The van der Waals surface area contributed by atoms with E-state index in [9.17, 15) is 14.7 Å². The summed E-state index contributed by atoms with van der Waals surface area (Å²) in [5.74, 6) is -0.575. The minimum Gasteiger partial charge on any atom is -0.462 e. The zero-order chi connectivity index (χ0) is 35.0. The predicted molar refractivity (Wildman–Crippen MR) is 205 cm³/mol. The molecule has 286 valence electrons. The molecule has 0 bridgehead atoms. The number of carbonyl (C=O) groups is 2. The normalized spacial score (nSPS) is 12.0. The molecule has 0 spiro atoms. The summed E-state index contributed by atoms with van der Waals surface area (Å²) in [6.45, 7) is 4.16. The Labute approximate surface area is 299 Å². The zero-order valence-electron chi connectivity index (χ0n) is 32.5. The number of aliphatic hydroxyl groups excluding tert-OH is 1. The maximum atomic E-state index is 12.2. The van der Waals surface area contributed by atoms with Crippen molar-refractivity contribution >= 4 is 11.9 Å². The van der Waals surface area contributed by atoms with Gasteiger partial charge in [0, 0.05) is 12.8 Å². The molecule has 0 amide bonds. The van der Waals surface area contributed by atoms with Crippen LogP contribution in [0.3, 0.4) is 0 Å². The summed E-state index contributed by atoms with van der Waals surface area (Å²) in [5.41, 5.74) is 0. The summed E-state index contributed by atoms with van der Waals surface area (Å²) >= 11 is 0. The van der Waals surface area contributed by atoms with E-state index in [2.05, 4.69) is 13.8 Å². The number of hydrogen-bond donors (Lipinski definition) is 1. The number of aliphatic hydroxyl groups is 1. The molecule has 0 aliphatic rings. The standard InChI is InChI=1S/C43H84O5/c1-3-5-7-9-11-13-15-16-17-18-19-20-21-22-23-24-25-26-28-30-32-34-36-38-43(46)48-41(39-44)40-47-42(45)37-35-33-31-29-27-14-12-10-8-6-4-2/h41,44H,3-40H2,1-2H3/t41-/m0/s1. The van der Waals surface area contributed by atoms with E-state index in [0.29, 0.717) is 12.8 Å². The summed E-state index contributed by atoms with van der Waals surface area (Å²) in [7, 11) is 0. The lowest BCUT2D eigenvalue weighted by molar-refractivity contribution is -0.161. The van der Waals surface area contributed by atoms with Gasteiger partial charge in [0.1, 0.15) is 6.61 Å². The second kappa shape index (κ2) is 40.3. The molecule has 0 aromatic heterocycles. The van der Waals surface area contributed by atoms with Crippen molar-refractivity contribution in [1.29, 1.82) is 0 Å². The van der Waals surface area contributed by atoms with Crippen molar-refractivity contribution in [2.75, 3.05) is 13.2 Å². The Morgan fingerprint density at radius 1 is 0.396 bits per heavy atom. The van der Waals surface area contributed by atoms with Gasteiger partial charge in [-0.05, 0) is 12.8 Å². The first-order chi connectivity index (χ1) is 23.6. The molecule has 0 fully saturated rings. The monoisotopic (exact) mass is 681 g/mol. The molecular weight excluding hydrogens is 596 g/mol. The van der Waals surface area contributed by atoms with E-state index in [1.807, 2.05) is 0 Å². The summed E-state index contributed by atoms with van der Waals surface area (Å²) in [6, 6.07) is 0. The summed E-state index contributed by atoms with van der Waals surface area (Å²) < 4.78 is 10.6. The van der Waals surface area contributed by atoms with E-state index in [-0.39, 0.29) is 25.2 Å². The number of hydrogen-bond acceptors (Lipinski definition) is 5. The molecule has 0 aliphatic heterocycles. The molecule has 0 heterocycles. The van der Waals surface area contributed by atoms with Crippen molar-refractivity contribution in [3.8, 4) is 0 Å². The van der Waals surface area contributed by atoms with Gasteiger partial charge in [-0.3, -0.25) is 9.59 Å². The average molecular weight is 681 g/mol. The molecule has 5 heteroatoms. The number of ether oxygens (including phenoxy) is 2.